The van der Waals surface area contributed by atoms with Crippen LogP contribution in [0.5, 0.6) is 0 Å². The minimum atomic E-state index is -0.0301. The van der Waals surface area contributed by atoms with Crippen molar-refractivity contribution < 1.29 is 9.53 Å². The molecule has 0 aromatic heterocycles. The van der Waals surface area contributed by atoms with E-state index in [-0.39, 0.29) is 12.3 Å². The topological polar surface area (TPSA) is 44.9 Å². The molecule has 1 saturated heterocycles. The Labute approximate surface area is 85.9 Å². The molecule has 0 bridgehead atoms. The maximum Gasteiger partial charge on any atom is 0.319 e. The van der Waals surface area contributed by atoms with Crippen LogP contribution in [-0.4, -0.2) is 36.9 Å². The van der Waals surface area contributed by atoms with E-state index in [9.17, 15) is 4.79 Å². The zero-order chi connectivity index (χ0) is 11.0. The van der Waals surface area contributed by atoms with Crippen molar-refractivity contribution in [2.24, 2.45) is 0 Å². The molecule has 0 spiro atoms. The van der Waals surface area contributed by atoms with Crippen molar-refractivity contribution in [3.05, 3.63) is 12.7 Å². The van der Waals surface area contributed by atoms with Crippen LogP contribution in [0, 0.1) is 0 Å². The van der Waals surface area contributed by atoms with Gasteiger partial charge in [0.15, 0.2) is 6.23 Å². The van der Waals surface area contributed by atoms with Crippen LogP contribution in [-0.2, 0) is 4.74 Å². The van der Waals surface area contributed by atoms with E-state index in [0.717, 1.165) is 13.1 Å². The maximum absolute atomic E-state index is 11.2. The highest BCUT2D eigenvalue weighted by Gasteiger charge is 2.25. The van der Waals surface area contributed by atoms with Crippen LogP contribution >= 0.6 is 0 Å². The highest BCUT2D eigenvalue weighted by molar-refractivity contribution is 5.74. The third-order valence-electron chi connectivity index (χ3n) is 1.67. The smallest absolute Gasteiger partial charge is 0.319 e. The number of allylic oxidation sites excluding steroid dienone is 1. The molecule has 1 unspecified atom stereocenters. The molecule has 0 saturated carbocycles. The van der Waals surface area contributed by atoms with Crippen molar-refractivity contribution in [1.82, 2.24) is 10.2 Å². The molecule has 4 heteroatoms. The predicted molar refractivity (Wildman–Crippen MR) is 57.1 cm³/mol. The molecule has 2 amide bonds. The van der Waals surface area contributed by atoms with Crippen molar-refractivity contribution in [3.63, 3.8) is 0 Å². The summed E-state index contributed by atoms with van der Waals surface area (Å²) in [4.78, 5) is 12.9. The van der Waals surface area contributed by atoms with E-state index in [1.165, 1.54) is 0 Å². The van der Waals surface area contributed by atoms with Crippen LogP contribution in [0.4, 0.5) is 4.79 Å². The number of hydrogen-bond donors (Lipinski definition) is 1. The lowest BCUT2D eigenvalue weighted by atomic mass is 10.5. The highest BCUT2D eigenvalue weighted by Crippen LogP contribution is 2.04. The van der Waals surface area contributed by atoms with E-state index in [1.807, 2.05) is 20.8 Å². The molecule has 0 radical (unpaired) electrons. The van der Waals surface area contributed by atoms with Gasteiger partial charge in [0.25, 0.3) is 0 Å². The second kappa shape index (κ2) is 7.38. The second-order valence-corrected chi connectivity index (χ2v) is 2.85. The summed E-state index contributed by atoms with van der Waals surface area (Å²) in [6, 6.07) is -0.0301. The van der Waals surface area contributed by atoms with E-state index in [1.54, 1.807) is 11.0 Å². The Hall–Kier alpha value is -1.03. The first-order valence-corrected chi connectivity index (χ1v) is 4.93. The van der Waals surface area contributed by atoms with E-state index in [0.29, 0.717) is 6.61 Å². The Morgan fingerprint density at radius 2 is 2.07 bits per heavy atom. The number of ether oxygens (including phenoxy) is 1. The van der Waals surface area contributed by atoms with Crippen molar-refractivity contribution in [1.29, 1.82) is 0 Å². The van der Waals surface area contributed by atoms with Gasteiger partial charge in [-0.3, -0.25) is 0 Å². The molecule has 1 aliphatic rings. The number of epoxide rings is 1. The molecule has 1 N–H and O–H groups in total. The van der Waals surface area contributed by atoms with Crippen molar-refractivity contribution in [3.8, 4) is 0 Å². The van der Waals surface area contributed by atoms with Crippen LogP contribution in [0.2, 0.25) is 0 Å². The van der Waals surface area contributed by atoms with Gasteiger partial charge in [-0.2, -0.15) is 0 Å². The first-order chi connectivity index (χ1) is 6.69. The van der Waals surface area contributed by atoms with Crippen molar-refractivity contribution in [2.75, 3.05) is 19.7 Å². The third kappa shape index (κ3) is 5.59. The molecular weight excluding hydrogens is 180 g/mol. The Morgan fingerprint density at radius 3 is 2.36 bits per heavy atom. The predicted octanol–water partition coefficient (Wildman–Crippen LogP) is 1.59. The zero-order valence-electron chi connectivity index (χ0n) is 9.25. The zero-order valence-corrected chi connectivity index (χ0v) is 9.25. The molecule has 1 aliphatic heterocycles. The van der Waals surface area contributed by atoms with Gasteiger partial charge >= 0.3 is 6.03 Å². The molecule has 0 aromatic carbocycles. The average Bonchev–Trinajstić information content (AvgIpc) is 2.92. The lowest BCUT2D eigenvalue weighted by Gasteiger charge is -2.17. The molecule has 0 aliphatic carbocycles. The molecule has 4 nitrogen and oxygen atoms in total. The van der Waals surface area contributed by atoms with Gasteiger partial charge in [0, 0.05) is 13.1 Å². The summed E-state index contributed by atoms with van der Waals surface area (Å²) >= 11 is 0. The van der Waals surface area contributed by atoms with Gasteiger partial charge in [-0.05, 0) is 20.8 Å². The van der Waals surface area contributed by atoms with E-state index in [4.69, 9.17) is 4.74 Å². The van der Waals surface area contributed by atoms with E-state index >= 15 is 0 Å². The summed E-state index contributed by atoms with van der Waals surface area (Å²) in [5.74, 6) is 0. The molecule has 0 aromatic rings. The largest absolute Gasteiger partial charge is 0.351 e. The minimum absolute atomic E-state index is 0.0249. The number of urea groups is 1. The number of carbonyl (C=O) groups excluding carboxylic acids is 1. The molecule has 82 valence electrons. The summed E-state index contributed by atoms with van der Waals surface area (Å²) in [5, 5.41) is 2.72. The maximum atomic E-state index is 11.2. The van der Waals surface area contributed by atoms with Gasteiger partial charge in [-0.1, -0.05) is 6.08 Å². The van der Waals surface area contributed by atoms with Crippen LogP contribution in [0.15, 0.2) is 12.7 Å². The summed E-state index contributed by atoms with van der Waals surface area (Å²) in [7, 11) is 0. The van der Waals surface area contributed by atoms with Gasteiger partial charge in [0.1, 0.15) is 0 Å². The first kappa shape index (κ1) is 13.0. The second-order valence-electron chi connectivity index (χ2n) is 2.85. The Morgan fingerprint density at radius 1 is 1.64 bits per heavy atom. The molecule has 14 heavy (non-hydrogen) atoms. The number of nitrogens with zero attached hydrogens (tertiary/aromatic N) is 1. The average molecular weight is 200 g/mol. The van der Waals surface area contributed by atoms with Crippen LogP contribution in [0.25, 0.3) is 0 Å². The van der Waals surface area contributed by atoms with E-state index in [2.05, 4.69) is 11.9 Å². The summed E-state index contributed by atoms with van der Waals surface area (Å²) in [5.41, 5.74) is 0. The Kier molecular flexibility index (Phi) is 6.84. The number of rotatable bonds is 3. The number of nitrogens with one attached hydrogen (secondary N) is 1. The van der Waals surface area contributed by atoms with Crippen molar-refractivity contribution >= 4 is 6.03 Å². The molecule has 1 fully saturated rings. The SMILES string of the molecule is C=CC.CCN(CC)C(=O)NC1CO1. The van der Waals surface area contributed by atoms with Gasteiger partial charge in [-0.25, -0.2) is 4.79 Å². The quantitative estimate of drug-likeness (QED) is 0.555. The first-order valence-electron chi connectivity index (χ1n) is 4.93. The third-order valence-corrected chi connectivity index (χ3v) is 1.67. The van der Waals surface area contributed by atoms with Gasteiger partial charge in [0.05, 0.1) is 6.61 Å². The number of hydrogen-bond acceptors (Lipinski definition) is 2. The minimum Gasteiger partial charge on any atom is -0.351 e. The fourth-order valence-corrected chi connectivity index (χ4v) is 0.871. The fourth-order valence-electron chi connectivity index (χ4n) is 0.871. The molecule has 1 heterocycles. The lowest BCUT2D eigenvalue weighted by Crippen LogP contribution is -2.40. The molecular formula is C10H20N2O2. The monoisotopic (exact) mass is 200 g/mol. The van der Waals surface area contributed by atoms with Crippen LogP contribution in [0.1, 0.15) is 20.8 Å². The van der Waals surface area contributed by atoms with Crippen LogP contribution in [0.3, 0.4) is 0 Å². The van der Waals surface area contributed by atoms with E-state index < -0.39 is 0 Å². The summed E-state index contributed by atoms with van der Waals surface area (Å²) in [6.45, 7) is 11.3. The fraction of sp³-hybridized carbons (Fsp3) is 0.700. The number of carbonyl (C=O) groups is 1. The Bertz CT molecular complexity index is 175. The van der Waals surface area contributed by atoms with Gasteiger partial charge < -0.3 is 15.0 Å². The number of amides is 2. The molecule has 1 rings (SSSR count). The van der Waals surface area contributed by atoms with Crippen LogP contribution < -0.4 is 5.32 Å². The molecule has 1 atom stereocenters. The van der Waals surface area contributed by atoms with Gasteiger partial charge in [0.2, 0.25) is 0 Å². The Balaban J connectivity index is 0.000000500. The summed E-state index contributed by atoms with van der Waals surface area (Å²) in [6.07, 6.45) is 1.73. The standard InChI is InChI=1S/C7H14N2O2.C3H6/c1-3-9(4-2)7(10)8-6-5-11-6;1-3-2/h6H,3-5H2,1-2H3,(H,8,10);3H,1H2,2H3. The highest BCUT2D eigenvalue weighted by atomic mass is 16.6. The summed E-state index contributed by atoms with van der Waals surface area (Å²) < 4.78 is 4.86. The van der Waals surface area contributed by atoms with Gasteiger partial charge in [-0.15, -0.1) is 6.58 Å². The normalized spacial score (nSPS) is 17.5. The van der Waals surface area contributed by atoms with Crippen molar-refractivity contribution in [2.45, 2.75) is 27.0 Å². The lowest BCUT2D eigenvalue weighted by molar-refractivity contribution is 0.197.